The van der Waals surface area contributed by atoms with Gasteiger partial charge in [0.25, 0.3) is 0 Å². The molecule has 0 unspecified atom stereocenters. The summed E-state index contributed by atoms with van der Waals surface area (Å²) >= 11 is -0.239. The summed E-state index contributed by atoms with van der Waals surface area (Å²) in [6, 6.07) is 40.0. The number of hydrogen-bond acceptors (Lipinski definition) is 4. The number of fused-ring (bicyclic) bond motifs is 4. The number of para-hydroxylation sites is 3. The minimum Gasteiger partial charge on any atom is 0 e. The molecule has 0 N–H and O–H groups in total. The molecule has 0 fully saturated rings. The molecule has 0 saturated carbocycles. The maximum absolute atomic E-state index is 14.6. The van der Waals surface area contributed by atoms with E-state index in [1.807, 2.05) is 66.9 Å². The van der Waals surface area contributed by atoms with Crippen LogP contribution in [-0.4, -0.2) is 32.8 Å². The maximum atomic E-state index is 14.6. The molecule has 4 aromatic heterocycles. The van der Waals surface area contributed by atoms with Crippen LogP contribution in [0.1, 0.15) is 11.1 Å². The molecule has 1 radical (unpaired) electrons. The van der Waals surface area contributed by atoms with Crippen LogP contribution in [0.3, 0.4) is 0 Å². The van der Waals surface area contributed by atoms with Gasteiger partial charge in [0.2, 0.25) is 0 Å². The second-order valence-corrected chi connectivity index (χ2v) is 26.1. The van der Waals surface area contributed by atoms with Crippen LogP contribution in [0.5, 0.6) is 0 Å². The molecule has 5 aromatic carbocycles. The number of halogens is 3. The van der Waals surface area contributed by atoms with E-state index in [4.69, 9.17) is 4.98 Å². The molecule has 0 aliphatic carbocycles. The molecule has 0 aliphatic rings. The van der Waals surface area contributed by atoms with Crippen molar-refractivity contribution in [3.8, 4) is 39.5 Å². The first-order valence-electron chi connectivity index (χ1n) is 17.8. The fourth-order valence-electron chi connectivity index (χ4n) is 6.87. The summed E-state index contributed by atoms with van der Waals surface area (Å²) in [5.74, 6) is 4.99. The van der Waals surface area contributed by atoms with Crippen LogP contribution in [0, 0.1) is 43.4 Å². The van der Waals surface area contributed by atoms with Crippen molar-refractivity contribution in [1.29, 1.82) is 0 Å². The predicted molar refractivity (Wildman–Crippen MR) is 222 cm³/mol. The molecule has 0 aliphatic heterocycles. The van der Waals surface area contributed by atoms with Gasteiger partial charge < -0.3 is 4.57 Å². The summed E-state index contributed by atoms with van der Waals surface area (Å²) < 4.78 is 47.2. The zero-order valence-corrected chi connectivity index (χ0v) is 36.5. The van der Waals surface area contributed by atoms with Crippen LogP contribution in [0.4, 0.5) is 13.2 Å². The Labute approximate surface area is 343 Å². The first kappa shape index (κ1) is 39.3. The molecular formula is C46H35F3GeIrN4S-2. The molecule has 10 heteroatoms. The number of aryl methyl sites for hydroxylation is 2. The second-order valence-electron chi connectivity index (χ2n) is 14.5. The molecule has 0 amide bonds. The van der Waals surface area contributed by atoms with Gasteiger partial charge in [-0.25, -0.2) is 18.2 Å². The van der Waals surface area contributed by atoms with Crippen LogP contribution in [0.15, 0.2) is 122 Å². The number of rotatable bonds is 5. The third-order valence-electron chi connectivity index (χ3n) is 9.65. The Morgan fingerprint density at radius 2 is 1.45 bits per heavy atom. The van der Waals surface area contributed by atoms with Gasteiger partial charge in [0.05, 0.1) is 22.4 Å². The minimum absolute atomic E-state index is 0. The topological polar surface area (TPSA) is 43.6 Å². The zero-order chi connectivity index (χ0) is 38.4. The first-order valence-corrected chi connectivity index (χ1v) is 26.0. The van der Waals surface area contributed by atoms with Crippen LogP contribution >= 0.6 is 11.3 Å². The Kier molecular flexibility index (Phi) is 11.2. The number of imidazole rings is 1. The summed E-state index contributed by atoms with van der Waals surface area (Å²) in [6.45, 7) is 4.17. The Morgan fingerprint density at radius 1 is 0.714 bits per heavy atom. The van der Waals surface area contributed by atoms with Gasteiger partial charge in [-0.05, 0) is 47.9 Å². The second kappa shape index (κ2) is 15.9. The van der Waals surface area contributed by atoms with E-state index in [-0.39, 0.29) is 31.2 Å². The van der Waals surface area contributed by atoms with Gasteiger partial charge in [-0.1, -0.05) is 41.3 Å². The molecule has 9 aromatic rings. The molecule has 0 saturated heterocycles. The van der Waals surface area contributed by atoms with E-state index in [0.717, 1.165) is 66.0 Å². The van der Waals surface area contributed by atoms with Crippen molar-refractivity contribution >= 4 is 60.3 Å². The quantitative estimate of drug-likeness (QED) is 0.127. The van der Waals surface area contributed by atoms with Crippen molar-refractivity contribution < 1.29 is 33.3 Å². The van der Waals surface area contributed by atoms with Gasteiger partial charge in [0, 0.05) is 55.1 Å². The smallest absolute Gasteiger partial charge is 0 e. The average Bonchev–Trinajstić information content (AvgIpc) is 3.73. The van der Waals surface area contributed by atoms with E-state index in [9.17, 15) is 13.2 Å². The number of hydrogen-bond donors (Lipinski definition) is 0. The van der Waals surface area contributed by atoms with Crippen molar-refractivity contribution in [2.45, 2.75) is 31.1 Å². The molecule has 9 rings (SSSR count). The maximum Gasteiger partial charge on any atom is 0 e. The van der Waals surface area contributed by atoms with Crippen LogP contribution in [-0.2, 0) is 20.1 Å². The minimum atomic E-state index is -1.72. The van der Waals surface area contributed by atoms with E-state index in [0.29, 0.717) is 17.0 Å². The molecule has 0 bridgehead atoms. The summed E-state index contributed by atoms with van der Waals surface area (Å²) in [5, 5.41) is 1.63. The third kappa shape index (κ3) is 7.49. The van der Waals surface area contributed by atoms with Crippen molar-refractivity contribution in [1.82, 2.24) is 19.5 Å². The molecule has 281 valence electrons. The molecule has 0 spiro atoms. The summed E-state index contributed by atoms with van der Waals surface area (Å²) in [6.07, 6.45) is 3.46. The van der Waals surface area contributed by atoms with Gasteiger partial charge in [-0.3, -0.25) is 4.98 Å². The standard InChI is InChI=1S/C32H19F3N3S.C14H16GeN.Ir/c1-17-7-5-8-18(2)29(17)38-27-12-4-3-11-26(27)37-31(38)22-10-6-9-21-23-13-19(16-36-32(23)39-30(21)22)28-24(34)14-20(33)15-25(28)35;1-15(2,3)13-9-10-14(16-11-13)12-7-5-4-6-8-12;/h3-9,11-16H,1-2H3;4-7,9-11H,1-3H3;/q2*-1;. The summed E-state index contributed by atoms with van der Waals surface area (Å²) in [4.78, 5) is 14.8. The van der Waals surface area contributed by atoms with E-state index in [2.05, 4.69) is 88.1 Å². The van der Waals surface area contributed by atoms with Gasteiger partial charge in [0.15, 0.2) is 0 Å². The Morgan fingerprint density at radius 3 is 2.12 bits per heavy atom. The number of nitrogens with zero attached hydrogens (tertiary/aromatic N) is 4. The van der Waals surface area contributed by atoms with Crippen molar-refractivity contribution in [3.63, 3.8) is 0 Å². The number of thiophene rings is 1. The molecular weight excluding hydrogens is 962 g/mol. The van der Waals surface area contributed by atoms with E-state index in [1.54, 1.807) is 6.07 Å². The number of aromatic nitrogens is 4. The van der Waals surface area contributed by atoms with Crippen molar-refractivity contribution in [2.75, 3.05) is 0 Å². The van der Waals surface area contributed by atoms with Gasteiger partial charge in [-0.2, -0.15) is 11.3 Å². The van der Waals surface area contributed by atoms with Crippen LogP contribution < -0.4 is 4.40 Å². The molecule has 4 heterocycles. The predicted octanol–water partition coefficient (Wildman–Crippen LogP) is 12.0. The Hall–Kier alpha value is -4.93. The summed E-state index contributed by atoms with van der Waals surface area (Å²) in [5.41, 5.74) is 7.99. The van der Waals surface area contributed by atoms with Crippen molar-refractivity contribution in [2.24, 2.45) is 0 Å². The van der Waals surface area contributed by atoms with Gasteiger partial charge in [0.1, 0.15) is 22.3 Å². The van der Waals surface area contributed by atoms with Crippen LogP contribution in [0.25, 0.3) is 70.8 Å². The average molecular weight is 998 g/mol. The monoisotopic (exact) mass is 999 g/mol. The molecule has 0 atom stereocenters. The summed E-state index contributed by atoms with van der Waals surface area (Å²) in [7, 11) is 0. The van der Waals surface area contributed by atoms with Gasteiger partial charge in [-0.15, -0.1) is 18.2 Å². The number of pyridine rings is 2. The normalized spacial score (nSPS) is 11.4. The molecule has 4 nitrogen and oxygen atoms in total. The van der Waals surface area contributed by atoms with E-state index >= 15 is 0 Å². The Balaban J connectivity index is 0.000000238. The third-order valence-corrected chi connectivity index (χ3v) is 15.0. The van der Waals surface area contributed by atoms with Crippen molar-refractivity contribution in [3.05, 3.63) is 162 Å². The first-order chi connectivity index (χ1) is 26.5. The SMILES string of the molecule is Cc1cccc(C)c1-n1c(-c2[c-]ccc3c2sc2ncc(-c4c(F)cc(F)cc4F)cc23)nc2ccccc21.[CH3][Ge]([CH3])([CH3])[c]1ccc(-c2[c-]cccc2)nc1.[Ir]. The molecule has 56 heavy (non-hydrogen) atoms. The largest absolute Gasteiger partial charge is 0 e. The fraction of sp³-hybridized carbons (Fsp3) is 0.109. The van der Waals surface area contributed by atoms with Gasteiger partial charge >= 0.3 is 99.8 Å². The zero-order valence-electron chi connectivity index (χ0n) is 31.2. The van der Waals surface area contributed by atoms with E-state index in [1.165, 1.54) is 21.9 Å². The fourth-order valence-corrected chi connectivity index (χ4v) is 10.2. The Bertz CT molecular complexity index is 2820. The van der Waals surface area contributed by atoms with E-state index < -0.39 is 30.7 Å². The van der Waals surface area contributed by atoms with Crippen LogP contribution in [0.2, 0.25) is 17.3 Å². The number of benzene rings is 5.